The Hall–Kier alpha value is -1.00. The Morgan fingerprint density at radius 2 is 2.00 bits per heavy atom. The zero-order valence-corrected chi connectivity index (χ0v) is 12.2. The van der Waals surface area contributed by atoms with E-state index in [1.165, 1.54) is 0 Å². The Morgan fingerprint density at radius 3 is 2.56 bits per heavy atom. The van der Waals surface area contributed by atoms with Crippen molar-refractivity contribution >= 4 is 0 Å². The second kappa shape index (κ2) is 6.81. The summed E-state index contributed by atoms with van der Waals surface area (Å²) < 4.78 is 5.83. The van der Waals surface area contributed by atoms with Crippen molar-refractivity contribution in [3.63, 3.8) is 0 Å². The van der Waals surface area contributed by atoms with Crippen LogP contribution in [0.4, 0.5) is 0 Å². The minimum atomic E-state index is -0.387. The molecule has 102 valence electrons. The fourth-order valence-electron chi connectivity index (χ4n) is 1.86. The molecule has 1 unspecified atom stereocenters. The lowest BCUT2D eigenvalue weighted by Crippen LogP contribution is -2.29. The molecular formula is C14H25N3O. The second-order valence-corrected chi connectivity index (χ2v) is 4.62. The molecule has 0 fully saturated rings. The lowest BCUT2D eigenvalue weighted by atomic mass is 10.0. The minimum absolute atomic E-state index is 0.387. The van der Waals surface area contributed by atoms with Crippen LogP contribution in [0.5, 0.6) is 0 Å². The summed E-state index contributed by atoms with van der Waals surface area (Å²) in [4.78, 5) is 9.17. The summed E-state index contributed by atoms with van der Waals surface area (Å²) in [5.74, 6) is 0.791. The van der Waals surface area contributed by atoms with Crippen LogP contribution in [-0.4, -0.2) is 23.1 Å². The molecule has 0 aromatic carbocycles. The van der Waals surface area contributed by atoms with Crippen molar-refractivity contribution in [2.45, 2.75) is 53.2 Å². The Bertz CT molecular complexity index is 381. The number of aromatic nitrogens is 2. The zero-order valence-electron chi connectivity index (χ0n) is 12.2. The molecule has 1 atom stereocenters. The Kier molecular flexibility index (Phi) is 5.69. The van der Waals surface area contributed by atoms with Crippen molar-refractivity contribution in [3.05, 3.63) is 23.3 Å². The van der Waals surface area contributed by atoms with Gasteiger partial charge in [0.25, 0.3) is 0 Å². The molecule has 0 aliphatic carbocycles. The summed E-state index contributed by atoms with van der Waals surface area (Å²) in [5.41, 5.74) is 1.63. The quantitative estimate of drug-likeness (QED) is 0.809. The van der Waals surface area contributed by atoms with Crippen molar-refractivity contribution in [2.24, 2.45) is 0 Å². The molecule has 4 nitrogen and oxygen atoms in total. The molecule has 1 aromatic heterocycles. The summed E-state index contributed by atoms with van der Waals surface area (Å²) in [6.45, 7) is 12.6. The van der Waals surface area contributed by atoms with E-state index in [2.05, 4.69) is 36.1 Å². The SMILES string of the molecule is CCNCc1cc(C)nc(C(C)(CC)OCC)n1. The van der Waals surface area contributed by atoms with Gasteiger partial charge in [0.15, 0.2) is 5.82 Å². The van der Waals surface area contributed by atoms with Crippen LogP contribution in [0.15, 0.2) is 6.07 Å². The molecule has 0 radical (unpaired) electrons. The van der Waals surface area contributed by atoms with Gasteiger partial charge in [-0.3, -0.25) is 0 Å². The molecule has 0 amide bonds. The fraction of sp³-hybridized carbons (Fsp3) is 0.714. The number of ether oxygens (including phenoxy) is 1. The summed E-state index contributed by atoms with van der Waals surface area (Å²) in [6.07, 6.45) is 0.866. The minimum Gasteiger partial charge on any atom is -0.368 e. The van der Waals surface area contributed by atoms with Crippen LogP contribution in [0, 0.1) is 6.92 Å². The highest BCUT2D eigenvalue weighted by molar-refractivity contribution is 5.13. The van der Waals surface area contributed by atoms with E-state index in [4.69, 9.17) is 4.74 Å². The van der Waals surface area contributed by atoms with Gasteiger partial charge in [-0.25, -0.2) is 9.97 Å². The Labute approximate surface area is 110 Å². The van der Waals surface area contributed by atoms with Crippen LogP contribution < -0.4 is 5.32 Å². The first kappa shape index (κ1) is 15.1. The van der Waals surface area contributed by atoms with E-state index in [0.717, 1.165) is 36.7 Å². The van der Waals surface area contributed by atoms with Gasteiger partial charge in [0.2, 0.25) is 0 Å². The van der Waals surface area contributed by atoms with Gasteiger partial charge in [0.1, 0.15) is 5.60 Å². The molecule has 0 saturated heterocycles. The van der Waals surface area contributed by atoms with Gasteiger partial charge >= 0.3 is 0 Å². The Balaban J connectivity index is 3.03. The largest absolute Gasteiger partial charge is 0.368 e. The van der Waals surface area contributed by atoms with E-state index < -0.39 is 0 Å². The standard InChI is InChI=1S/C14H25N3O/c1-6-14(5,18-8-3)13-16-11(4)9-12(17-13)10-15-7-2/h9,15H,6-8,10H2,1-5H3. The first-order valence-electron chi connectivity index (χ1n) is 6.75. The van der Waals surface area contributed by atoms with E-state index in [1.807, 2.05) is 19.9 Å². The monoisotopic (exact) mass is 251 g/mol. The van der Waals surface area contributed by atoms with E-state index in [-0.39, 0.29) is 5.60 Å². The highest BCUT2D eigenvalue weighted by Gasteiger charge is 2.28. The van der Waals surface area contributed by atoms with Crippen LogP contribution in [0.25, 0.3) is 0 Å². The number of nitrogens with one attached hydrogen (secondary N) is 1. The van der Waals surface area contributed by atoms with Crippen molar-refractivity contribution in [1.82, 2.24) is 15.3 Å². The predicted octanol–water partition coefficient (Wildman–Crippen LogP) is 2.56. The topological polar surface area (TPSA) is 47.0 Å². The number of hydrogen-bond donors (Lipinski definition) is 1. The molecule has 1 heterocycles. The smallest absolute Gasteiger partial charge is 0.160 e. The lowest BCUT2D eigenvalue weighted by molar-refractivity contribution is -0.0393. The van der Waals surface area contributed by atoms with E-state index in [1.54, 1.807) is 0 Å². The third kappa shape index (κ3) is 3.75. The van der Waals surface area contributed by atoms with E-state index in [0.29, 0.717) is 6.61 Å². The van der Waals surface area contributed by atoms with Gasteiger partial charge in [-0.2, -0.15) is 0 Å². The fourth-order valence-corrected chi connectivity index (χ4v) is 1.86. The molecule has 1 N–H and O–H groups in total. The molecule has 0 spiro atoms. The number of nitrogens with zero attached hydrogens (tertiary/aromatic N) is 2. The van der Waals surface area contributed by atoms with Crippen molar-refractivity contribution in [3.8, 4) is 0 Å². The average Bonchev–Trinajstić information content (AvgIpc) is 2.36. The van der Waals surface area contributed by atoms with Gasteiger partial charge in [0.05, 0.1) is 5.69 Å². The highest BCUT2D eigenvalue weighted by atomic mass is 16.5. The maximum absolute atomic E-state index is 5.83. The van der Waals surface area contributed by atoms with Crippen LogP contribution in [0.3, 0.4) is 0 Å². The van der Waals surface area contributed by atoms with Crippen LogP contribution in [0.1, 0.15) is 51.3 Å². The number of hydrogen-bond acceptors (Lipinski definition) is 4. The highest BCUT2D eigenvalue weighted by Crippen LogP contribution is 2.26. The molecule has 1 rings (SSSR count). The summed E-state index contributed by atoms with van der Waals surface area (Å²) >= 11 is 0. The van der Waals surface area contributed by atoms with Crippen molar-refractivity contribution in [1.29, 1.82) is 0 Å². The molecular weight excluding hydrogens is 226 g/mol. The van der Waals surface area contributed by atoms with Crippen LogP contribution in [0.2, 0.25) is 0 Å². The Morgan fingerprint density at radius 1 is 1.28 bits per heavy atom. The van der Waals surface area contributed by atoms with Gasteiger partial charge in [-0.15, -0.1) is 0 Å². The first-order chi connectivity index (χ1) is 8.55. The molecule has 1 aromatic rings. The third-order valence-corrected chi connectivity index (χ3v) is 3.07. The van der Waals surface area contributed by atoms with Crippen molar-refractivity contribution < 1.29 is 4.74 Å². The average molecular weight is 251 g/mol. The molecule has 4 heteroatoms. The number of aryl methyl sites for hydroxylation is 1. The maximum atomic E-state index is 5.83. The normalized spacial score (nSPS) is 14.5. The molecule has 0 aliphatic heterocycles. The first-order valence-corrected chi connectivity index (χ1v) is 6.75. The van der Waals surface area contributed by atoms with Gasteiger partial charge in [-0.05, 0) is 39.8 Å². The van der Waals surface area contributed by atoms with Gasteiger partial charge in [-0.1, -0.05) is 13.8 Å². The lowest BCUT2D eigenvalue weighted by Gasteiger charge is -2.27. The van der Waals surface area contributed by atoms with E-state index in [9.17, 15) is 0 Å². The van der Waals surface area contributed by atoms with E-state index >= 15 is 0 Å². The second-order valence-electron chi connectivity index (χ2n) is 4.62. The van der Waals surface area contributed by atoms with Crippen molar-refractivity contribution in [2.75, 3.05) is 13.2 Å². The molecule has 18 heavy (non-hydrogen) atoms. The molecule has 0 saturated carbocycles. The molecule has 0 bridgehead atoms. The predicted molar refractivity (Wildman–Crippen MR) is 73.4 cm³/mol. The third-order valence-electron chi connectivity index (χ3n) is 3.07. The summed E-state index contributed by atoms with van der Waals surface area (Å²) in [5, 5.41) is 3.29. The zero-order chi connectivity index (χ0) is 13.6. The van der Waals surface area contributed by atoms with Crippen LogP contribution >= 0.6 is 0 Å². The summed E-state index contributed by atoms with van der Waals surface area (Å²) in [6, 6.07) is 2.02. The van der Waals surface area contributed by atoms with Gasteiger partial charge in [0, 0.05) is 18.8 Å². The van der Waals surface area contributed by atoms with Crippen LogP contribution in [-0.2, 0) is 16.9 Å². The molecule has 0 aliphatic rings. The number of rotatable bonds is 7. The van der Waals surface area contributed by atoms with Gasteiger partial charge < -0.3 is 10.1 Å². The maximum Gasteiger partial charge on any atom is 0.160 e. The summed E-state index contributed by atoms with van der Waals surface area (Å²) in [7, 11) is 0.